The lowest BCUT2D eigenvalue weighted by molar-refractivity contribution is 0.107. The number of carbonyl (C=O) groups excluding carboxylic acids is 1. The topological polar surface area (TPSA) is 17.1 Å². The lowest BCUT2D eigenvalue weighted by atomic mass is 10.2. The predicted molar refractivity (Wildman–Crippen MR) is 48.3 cm³/mol. The molecule has 0 aliphatic rings. The van der Waals surface area contributed by atoms with Crippen molar-refractivity contribution >= 4 is 28.6 Å². The molecule has 0 unspecified atom stereocenters. The van der Waals surface area contributed by atoms with Crippen LogP contribution in [0, 0.1) is 17.5 Å². The molecule has 0 heterocycles. The average molecular weight is 241 g/mol. The van der Waals surface area contributed by atoms with Crippen molar-refractivity contribution in [1.82, 2.24) is 0 Å². The summed E-state index contributed by atoms with van der Waals surface area (Å²) in [6, 6.07) is 0.444. The molecule has 6 heteroatoms. The van der Waals surface area contributed by atoms with Crippen LogP contribution in [0.1, 0.15) is 10.4 Å². The molecule has 0 bridgehead atoms. The zero-order valence-corrected chi connectivity index (χ0v) is 8.48. The van der Waals surface area contributed by atoms with Crippen LogP contribution in [-0.2, 0) is 0 Å². The summed E-state index contributed by atoms with van der Waals surface area (Å²) in [5.74, 6) is -3.73. The minimum Gasteiger partial charge on any atom is -0.275 e. The van der Waals surface area contributed by atoms with E-state index in [1.807, 2.05) is 0 Å². The molecule has 0 amide bonds. The van der Waals surface area contributed by atoms with Crippen LogP contribution < -0.4 is 0 Å². The SMILES string of the molecule is CSc1c(F)c(F)cc(C(=O)Cl)c1F. The number of rotatable bonds is 2. The van der Waals surface area contributed by atoms with E-state index in [2.05, 4.69) is 0 Å². The first-order valence-electron chi connectivity index (χ1n) is 3.40. The lowest BCUT2D eigenvalue weighted by Gasteiger charge is -2.05. The van der Waals surface area contributed by atoms with Gasteiger partial charge in [-0.3, -0.25) is 4.79 Å². The fourth-order valence-electron chi connectivity index (χ4n) is 0.903. The number of carbonyl (C=O) groups is 1. The van der Waals surface area contributed by atoms with Crippen LogP contribution in [0.5, 0.6) is 0 Å². The first kappa shape index (κ1) is 11.4. The molecule has 0 fully saturated rings. The van der Waals surface area contributed by atoms with E-state index >= 15 is 0 Å². The molecule has 14 heavy (non-hydrogen) atoms. The Labute approximate surface area is 87.2 Å². The highest BCUT2D eigenvalue weighted by atomic mass is 35.5. The third-order valence-corrected chi connectivity index (χ3v) is 2.50. The second kappa shape index (κ2) is 4.23. The van der Waals surface area contributed by atoms with Gasteiger partial charge in [0.05, 0.1) is 10.5 Å². The quantitative estimate of drug-likeness (QED) is 0.449. The Balaban J connectivity index is 3.50. The van der Waals surface area contributed by atoms with Gasteiger partial charge in [-0.15, -0.1) is 11.8 Å². The van der Waals surface area contributed by atoms with Gasteiger partial charge in [-0.2, -0.15) is 0 Å². The van der Waals surface area contributed by atoms with Gasteiger partial charge in [-0.05, 0) is 23.9 Å². The number of benzene rings is 1. The van der Waals surface area contributed by atoms with Gasteiger partial charge in [0, 0.05) is 0 Å². The summed E-state index contributed by atoms with van der Waals surface area (Å²) in [7, 11) is 0. The van der Waals surface area contributed by atoms with Crippen molar-refractivity contribution in [2.24, 2.45) is 0 Å². The van der Waals surface area contributed by atoms with Crippen molar-refractivity contribution in [2.75, 3.05) is 6.26 Å². The average Bonchev–Trinajstić information content (AvgIpc) is 2.12. The molecule has 0 aliphatic carbocycles. The third-order valence-electron chi connectivity index (χ3n) is 1.53. The molecule has 0 radical (unpaired) electrons. The molecule has 76 valence electrons. The lowest BCUT2D eigenvalue weighted by Crippen LogP contribution is -2.01. The normalized spacial score (nSPS) is 10.4. The molecular weight excluding hydrogens is 237 g/mol. The maximum absolute atomic E-state index is 13.2. The van der Waals surface area contributed by atoms with Gasteiger partial charge in [0.2, 0.25) is 0 Å². The van der Waals surface area contributed by atoms with Crippen molar-refractivity contribution in [3.05, 3.63) is 29.1 Å². The molecule has 1 aromatic carbocycles. The van der Waals surface area contributed by atoms with Gasteiger partial charge in [0.1, 0.15) is 0 Å². The fraction of sp³-hybridized carbons (Fsp3) is 0.125. The first-order valence-corrected chi connectivity index (χ1v) is 5.00. The van der Waals surface area contributed by atoms with E-state index in [1.54, 1.807) is 0 Å². The van der Waals surface area contributed by atoms with Crippen LogP contribution in [0.15, 0.2) is 11.0 Å². The van der Waals surface area contributed by atoms with E-state index in [-0.39, 0.29) is 0 Å². The summed E-state index contributed by atoms with van der Waals surface area (Å²) in [5, 5.41) is -1.16. The van der Waals surface area contributed by atoms with E-state index < -0.39 is 33.2 Å². The molecule has 0 aromatic heterocycles. The van der Waals surface area contributed by atoms with Crippen molar-refractivity contribution < 1.29 is 18.0 Å². The summed E-state index contributed by atoms with van der Waals surface area (Å²) in [6.45, 7) is 0. The minimum atomic E-state index is -1.31. The van der Waals surface area contributed by atoms with Crippen LogP contribution >= 0.6 is 23.4 Å². The maximum Gasteiger partial charge on any atom is 0.255 e. The van der Waals surface area contributed by atoms with Crippen LogP contribution in [0.3, 0.4) is 0 Å². The Morgan fingerprint density at radius 3 is 2.36 bits per heavy atom. The van der Waals surface area contributed by atoms with E-state index in [9.17, 15) is 18.0 Å². The van der Waals surface area contributed by atoms with Crippen molar-refractivity contribution in [3.8, 4) is 0 Å². The number of hydrogen-bond donors (Lipinski definition) is 0. The molecule has 1 aromatic rings. The Morgan fingerprint density at radius 2 is 1.93 bits per heavy atom. The molecular formula is C8H4ClF3OS. The summed E-state index contributed by atoms with van der Waals surface area (Å²) in [4.78, 5) is 10.1. The zero-order chi connectivity index (χ0) is 10.9. The second-order valence-corrected chi connectivity index (χ2v) is 3.50. The predicted octanol–water partition coefficient (Wildman–Crippen LogP) is 3.20. The summed E-state index contributed by atoms with van der Waals surface area (Å²) in [5.41, 5.74) is -0.657. The fourth-order valence-corrected chi connectivity index (χ4v) is 1.61. The number of hydrogen-bond acceptors (Lipinski definition) is 2. The molecule has 0 spiro atoms. The Kier molecular flexibility index (Phi) is 3.44. The van der Waals surface area contributed by atoms with Gasteiger partial charge >= 0.3 is 0 Å². The van der Waals surface area contributed by atoms with E-state index in [1.165, 1.54) is 6.26 Å². The van der Waals surface area contributed by atoms with Gasteiger partial charge in [0.15, 0.2) is 17.5 Å². The standard InChI is InChI=1S/C8H4ClF3OS/c1-14-7-5(11)3(8(9)13)2-4(10)6(7)12/h2H,1H3. The highest BCUT2D eigenvalue weighted by Gasteiger charge is 2.20. The largest absolute Gasteiger partial charge is 0.275 e. The summed E-state index contributed by atoms with van der Waals surface area (Å²) >= 11 is 5.65. The van der Waals surface area contributed by atoms with Crippen LogP contribution in [0.25, 0.3) is 0 Å². The summed E-state index contributed by atoms with van der Waals surface area (Å²) in [6.07, 6.45) is 1.36. The Morgan fingerprint density at radius 1 is 1.36 bits per heavy atom. The zero-order valence-electron chi connectivity index (χ0n) is 6.91. The van der Waals surface area contributed by atoms with Gasteiger partial charge in [-0.25, -0.2) is 13.2 Å². The summed E-state index contributed by atoms with van der Waals surface area (Å²) < 4.78 is 38.9. The van der Waals surface area contributed by atoms with Gasteiger partial charge < -0.3 is 0 Å². The van der Waals surface area contributed by atoms with E-state index in [4.69, 9.17) is 11.6 Å². The molecule has 0 saturated heterocycles. The van der Waals surface area contributed by atoms with Crippen molar-refractivity contribution in [2.45, 2.75) is 4.90 Å². The van der Waals surface area contributed by atoms with Crippen LogP contribution in [-0.4, -0.2) is 11.5 Å². The van der Waals surface area contributed by atoms with Crippen LogP contribution in [0.4, 0.5) is 13.2 Å². The molecule has 0 atom stereocenters. The number of thioether (sulfide) groups is 1. The van der Waals surface area contributed by atoms with E-state index in [0.29, 0.717) is 17.8 Å². The highest BCUT2D eigenvalue weighted by Crippen LogP contribution is 2.28. The molecule has 0 saturated carbocycles. The monoisotopic (exact) mass is 240 g/mol. The second-order valence-electron chi connectivity index (χ2n) is 2.34. The third kappa shape index (κ3) is 1.88. The van der Waals surface area contributed by atoms with Crippen LogP contribution in [0.2, 0.25) is 0 Å². The van der Waals surface area contributed by atoms with Crippen molar-refractivity contribution in [3.63, 3.8) is 0 Å². The Hall–Kier alpha value is -0.680. The smallest absolute Gasteiger partial charge is 0.255 e. The molecule has 1 nitrogen and oxygen atoms in total. The maximum atomic E-state index is 13.2. The van der Waals surface area contributed by atoms with Gasteiger partial charge in [0.25, 0.3) is 5.24 Å². The highest BCUT2D eigenvalue weighted by molar-refractivity contribution is 7.98. The molecule has 0 N–H and O–H groups in total. The minimum absolute atomic E-state index is 0.444. The van der Waals surface area contributed by atoms with Crippen molar-refractivity contribution in [1.29, 1.82) is 0 Å². The van der Waals surface area contributed by atoms with Gasteiger partial charge in [-0.1, -0.05) is 0 Å². The first-order chi connectivity index (χ1) is 6.49. The molecule has 1 rings (SSSR count). The Bertz CT molecular complexity index is 395. The number of halogens is 4. The molecule has 0 aliphatic heterocycles. The van der Waals surface area contributed by atoms with E-state index in [0.717, 1.165) is 0 Å².